The number of hydrogen-bond acceptors (Lipinski definition) is 3. The molecular formula is C15H24ClNO2S2. The smallest absolute Gasteiger partial charge is 0.206 e. The molecule has 1 aliphatic rings. The summed E-state index contributed by atoms with van der Waals surface area (Å²) >= 11 is 7.21. The van der Waals surface area contributed by atoms with E-state index in [1.165, 1.54) is 11.3 Å². The molecule has 0 amide bonds. The van der Waals surface area contributed by atoms with Gasteiger partial charge < -0.3 is 0 Å². The third kappa shape index (κ3) is 3.81. The highest BCUT2D eigenvalue weighted by Crippen LogP contribution is 2.34. The van der Waals surface area contributed by atoms with Crippen LogP contribution in [0.15, 0.2) is 10.3 Å². The van der Waals surface area contributed by atoms with E-state index in [1.54, 1.807) is 10.4 Å². The van der Waals surface area contributed by atoms with Gasteiger partial charge in [-0.1, -0.05) is 26.7 Å². The summed E-state index contributed by atoms with van der Waals surface area (Å²) in [4.78, 5) is 0.950. The zero-order valence-electron chi connectivity index (χ0n) is 12.9. The lowest BCUT2D eigenvalue weighted by atomic mass is 10.2. The number of halogens is 1. The van der Waals surface area contributed by atoms with Crippen molar-refractivity contribution in [2.75, 3.05) is 6.54 Å². The van der Waals surface area contributed by atoms with E-state index in [0.717, 1.165) is 36.1 Å². The fraction of sp³-hybridized carbons (Fsp3) is 0.733. The Kier molecular flexibility index (Phi) is 5.74. The summed E-state index contributed by atoms with van der Waals surface area (Å²) in [5.74, 6) is 0.702. The summed E-state index contributed by atoms with van der Waals surface area (Å²) in [6.45, 7) is 6.67. The highest BCUT2D eigenvalue weighted by Gasteiger charge is 2.34. The van der Waals surface area contributed by atoms with E-state index >= 15 is 0 Å². The lowest BCUT2D eigenvalue weighted by Crippen LogP contribution is -2.40. The third-order valence-corrected chi connectivity index (χ3v) is 7.99. The minimum absolute atomic E-state index is 0.166. The molecule has 0 bridgehead atoms. The molecule has 1 saturated carbocycles. The van der Waals surface area contributed by atoms with Gasteiger partial charge in [0, 0.05) is 17.5 Å². The van der Waals surface area contributed by atoms with E-state index in [9.17, 15) is 8.42 Å². The van der Waals surface area contributed by atoms with Gasteiger partial charge in [0.2, 0.25) is 0 Å². The van der Waals surface area contributed by atoms with E-state index in [0.29, 0.717) is 22.6 Å². The van der Waals surface area contributed by atoms with E-state index in [1.807, 2.05) is 6.92 Å². The fourth-order valence-electron chi connectivity index (χ4n) is 2.86. The van der Waals surface area contributed by atoms with Crippen molar-refractivity contribution in [1.82, 2.24) is 4.31 Å². The summed E-state index contributed by atoms with van der Waals surface area (Å²) in [5, 5.41) is 0. The molecule has 0 spiro atoms. The van der Waals surface area contributed by atoms with Crippen LogP contribution in [0.2, 0.25) is 0 Å². The van der Waals surface area contributed by atoms with Gasteiger partial charge in [-0.2, -0.15) is 4.31 Å². The number of aryl methyl sites for hydroxylation is 1. The van der Waals surface area contributed by atoms with Crippen LogP contribution in [0.4, 0.5) is 0 Å². The average molecular weight is 350 g/mol. The van der Waals surface area contributed by atoms with Crippen LogP contribution in [0.1, 0.15) is 50.0 Å². The molecule has 3 nitrogen and oxygen atoms in total. The van der Waals surface area contributed by atoms with Gasteiger partial charge in [-0.05, 0) is 37.3 Å². The molecule has 0 atom stereocenters. The minimum atomic E-state index is -3.40. The lowest BCUT2D eigenvalue weighted by Gasteiger charge is -2.29. The van der Waals surface area contributed by atoms with Crippen molar-refractivity contribution in [3.8, 4) is 0 Å². The van der Waals surface area contributed by atoms with Gasteiger partial charge in [0.15, 0.2) is 0 Å². The van der Waals surface area contributed by atoms with Crippen LogP contribution < -0.4 is 0 Å². The van der Waals surface area contributed by atoms with Crippen LogP contribution in [-0.4, -0.2) is 25.3 Å². The van der Waals surface area contributed by atoms with Gasteiger partial charge in [0.1, 0.15) is 4.21 Å². The molecule has 0 N–H and O–H groups in total. The van der Waals surface area contributed by atoms with Crippen LogP contribution in [0.25, 0.3) is 0 Å². The molecular weight excluding hydrogens is 326 g/mol. The van der Waals surface area contributed by atoms with Gasteiger partial charge >= 0.3 is 0 Å². The van der Waals surface area contributed by atoms with Gasteiger partial charge in [-0.15, -0.1) is 22.9 Å². The zero-order valence-corrected chi connectivity index (χ0v) is 15.3. The molecule has 0 saturated heterocycles. The normalized spacial score (nSPS) is 17.2. The Labute approximate surface area is 137 Å². The number of sulfonamides is 1. The highest BCUT2D eigenvalue weighted by molar-refractivity contribution is 7.91. The molecule has 2 rings (SSSR count). The van der Waals surface area contributed by atoms with E-state index < -0.39 is 10.0 Å². The van der Waals surface area contributed by atoms with E-state index in [-0.39, 0.29) is 6.04 Å². The molecule has 1 aromatic rings. The SMILES string of the molecule is Cc1cc(S(=O)(=O)N(CC(C)C)C2CCCC2)sc1CCl. The van der Waals surface area contributed by atoms with Crippen LogP contribution >= 0.6 is 22.9 Å². The quantitative estimate of drug-likeness (QED) is 0.714. The van der Waals surface area contributed by atoms with Crippen LogP contribution in [0, 0.1) is 12.8 Å². The number of thiophene rings is 1. The van der Waals surface area contributed by atoms with Crippen molar-refractivity contribution in [2.45, 2.75) is 62.6 Å². The molecule has 21 heavy (non-hydrogen) atoms. The van der Waals surface area contributed by atoms with Crippen molar-refractivity contribution < 1.29 is 8.42 Å². The van der Waals surface area contributed by atoms with Crippen molar-refractivity contribution in [3.05, 3.63) is 16.5 Å². The largest absolute Gasteiger partial charge is 0.252 e. The minimum Gasteiger partial charge on any atom is -0.206 e. The first-order chi connectivity index (χ1) is 9.86. The predicted molar refractivity (Wildman–Crippen MR) is 89.6 cm³/mol. The van der Waals surface area contributed by atoms with E-state index in [2.05, 4.69) is 13.8 Å². The van der Waals surface area contributed by atoms with Crippen molar-refractivity contribution in [3.63, 3.8) is 0 Å². The standard InChI is InChI=1S/C15H24ClNO2S2/c1-11(2)10-17(13-6-4-5-7-13)21(18,19)15-8-12(3)14(9-16)20-15/h8,11,13H,4-7,9-10H2,1-3H3. The second-order valence-corrected chi connectivity index (χ2v) is 9.73. The number of rotatable bonds is 6. The fourth-order valence-corrected chi connectivity index (χ4v) is 6.65. The summed E-state index contributed by atoms with van der Waals surface area (Å²) in [5.41, 5.74) is 0.976. The molecule has 1 aromatic heterocycles. The van der Waals surface area contributed by atoms with E-state index in [4.69, 9.17) is 11.6 Å². The zero-order chi connectivity index (χ0) is 15.6. The number of nitrogens with zero attached hydrogens (tertiary/aromatic N) is 1. The first-order valence-electron chi connectivity index (χ1n) is 7.53. The molecule has 1 aliphatic carbocycles. The Morgan fingerprint density at radius 1 is 1.38 bits per heavy atom. The predicted octanol–water partition coefficient (Wildman–Crippen LogP) is 4.38. The molecule has 120 valence electrons. The van der Waals surface area contributed by atoms with Gasteiger partial charge in [-0.25, -0.2) is 8.42 Å². The monoisotopic (exact) mass is 349 g/mol. The Morgan fingerprint density at radius 3 is 2.48 bits per heavy atom. The first-order valence-corrected chi connectivity index (χ1v) is 10.3. The second kappa shape index (κ2) is 6.99. The maximum Gasteiger partial charge on any atom is 0.252 e. The van der Waals surface area contributed by atoms with Crippen molar-refractivity contribution in [2.24, 2.45) is 5.92 Å². The summed E-state index contributed by atoms with van der Waals surface area (Å²) in [7, 11) is -3.40. The molecule has 1 heterocycles. The maximum absolute atomic E-state index is 13.0. The Bertz CT molecular complexity index is 574. The number of alkyl halides is 1. The Morgan fingerprint density at radius 2 is 2.00 bits per heavy atom. The molecule has 0 aliphatic heterocycles. The Hall–Kier alpha value is -0.100. The van der Waals surface area contributed by atoms with Crippen LogP contribution in [0.5, 0.6) is 0 Å². The van der Waals surface area contributed by atoms with Gasteiger partial charge in [0.25, 0.3) is 10.0 Å². The highest BCUT2D eigenvalue weighted by atomic mass is 35.5. The van der Waals surface area contributed by atoms with Gasteiger partial charge in [-0.3, -0.25) is 0 Å². The molecule has 0 radical (unpaired) electrons. The maximum atomic E-state index is 13.0. The summed E-state index contributed by atoms with van der Waals surface area (Å²) in [6, 6.07) is 1.94. The lowest BCUT2D eigenvalue weighted by molar-refractivity contribution is 0.293. The average Bonchev–Trinajstić information content (AvgIpc) is 3.04. The van der Waals surface area contributed by atoms with Crippen molar-refractivity contribution >= 4 is 33.0 Å². The molecule has 0 aromatic carbocycles. The third-order valence-electron chi connectivity index (χ3n) is 3.96. The molecule has 1 fully saturated rings. The molecule has 0 unspecified atom stereocenters. The molecule has 6 heteroatoms. The Balaban J connectivity index is 2.35. The van der Waals surface area contributed by atoms with Crippen molar-refractivity contribution in [1.29, 1.82) is 0 Å². The summed E-state index contributed by atoms with van der Waals surface area (Å²) < 4.78 is 28.3. The van der Waals surface area contributed by atoms with Crippen LogP contribution in [0.3, 0.4) is 0 Å². The first kappa shape index (κ1) is 17.3. The van der Waals surface area contributed by atoms with Crippen LogP contribution in [-0.2, 0) is 15.9 Å². The summed E-state index contributed by atoms with van der Waals surface area (Å²) in [6.07, 6.45) is 4.23. The number of hydrogen-bond donors (Lipinski definition) is 0. The second-order valence-electron chi connectivity index (χ2n) is 6.21. The van der Waals surface area contributed by atoms with Gasteiger partial charge in [0.05, 0.1) is 5.88 Å². The topological polar surface area (TPSA) is 37.4 Å².